The number of ketones is 1. The summed E-state index contributed by atoms with van der Waals surface area (Å²) in [7, 11) is 1.54. The van der Waals surface area contributed by atoms with Crippen molar-refractivity contribution >= 4 is 11.8 Å². The lowest BCUT2D eigenvalue weighted by Crippen LogP contribution is -2.54. The van der Waals surface area contributed by atoms with E-state index < -0.39 is 0 Å². The van der Waals surface area contributed by atoms with Crippen molar-refractivity contribution in [2.75, 3.05) is 7.11 Å². The molecule has 4 fully saturated rings. The van der Waals surface area contributed by atoms with Crippen molar-refractivity contribution in [2.45, 2.75) is 85.0 Å². The Hall–Kier alpha value is -0.860. The maximum Gasteiger partial charge on any atom is 0.308 e. The summed E-state index contributed by atoms with van der Waals surface area (Å²) in [5, 5.41) is 0. The molecule has 0 aromatic rings. The minimum atomic E-state index is 0.00737. The highest BCUT2D eigenvalue weighted by atomic mass is 16.5. The van der Waals surface area contributed by atoms with Crippen LogP contribution >= 0.6 is 0 Å². The van der Waals surface area contributed by atoms with Crippen LogP contribution in [0.15, 0.2) is 0 Å². The van der Waals surface area contributed by atoms with Gasteiger partial charge in [-0.1, -0.05) is 20.8 Å². The molecule has 8 atom stereocenters. The first kappa shape index (κ1) is 19.5. The zero-order valence-corrected chi connectivity index (χ0v) is 17.8. The molecule has 0 aliphatic heterocycles. The lowest BCUT2D eigenvalue weighted by Gasteiger charge is -2.60. The van der Waals surface area contributed by atoms with E-state index in [1.54, 1.807) is 7.11 Å². The molecule has 0 heterocycles. The number of ether oxygens (including phenoxy) is 1. The summed E-state index contributed by atoms with van der Waals surface area (Å²) >= 11 is 0. The number of hydrogen-bond donors (Lipinski definition) is 0. The van der Waals surface area contributed by atoms with E-state index in [0.717, 1.165) is 43.4 Å². The summed E-state index contributed by atoms with van der Waals surface area (Å²) < 4.78 is 5.17. The predicted octanol–water partition coefficient (Wildman–Crippen LogP) is 5.41. The molecule has 0 aromatic heterocycles. The number of Topliss-reactive ketones (excluding diaryl/α,β-unsaturated/α-hetero) is 1. The third-order valence-electron chi connectivity index (χ3n) is 9.98. The number of carbonyl (C=O) groups excluding carboxylic acids is 2. The Kier molecular flexibility index (Phi) is 4.96. The second-order valence-corrected chi connectivity index (χ2v) is 10.7. The van der Waals surface area contributed by atoms with Gasteiger partial charge in [0.1, 0.15) is 5.78 Å². The van der Waals surface area contributed by atoms with Gasteiger partial charge in [0.05, 0.1) is 13.0 Å². The number of rotatable bonds is 3. The fourth-order valence-electron chi connectivity index (χ4n) is 8.51. The average Bonchev–Trinajstić information content (AvgIpc) is 3.00. The zero-order valence-electron chi connectivity index (χ0n) is 17.8. The van der Waals surface area contributed by atoms with Gasteiger partial charge in [-0.25, -0.2) is 0 Å². The largest absolute Gasteiger partial charge is 0.469 e. The van der Waals surface area contributed by atoms with Crippen LogP contribution in [0.3, 0.4) is 0 Å². The van der Waals surface area contributed by atoms with Crippen LogP contribution in [-0.2, 0) is 14.3 Å². The Labute approximate surface area is 165 Å². The highest BCUT2D eigenvalue weighted by Gasteiger charge is 2.61. The topological polar surface area (TPSA) is 43.4 Å². The Morgan fingerprint density at radius 1 is 1.07 bits per heavy atom. The van der Waals surface area contributed by atoms with Crippen molar-refractivity contribution in [3.05, 3.63) is 0 Å². The van der Waals surface area contributed by atoms with Crippen molar-refractivity contribution in [1.29, 1.82) is 0 Å². The third kappa shape index (κ3) is 2.82. The molecule has 0 bridgehead atoms. The SMILES string of the molecule is CC[C@@H](C(=O)OC)[C@H]1CC[C@H]2[C@@H]3CC[C@H]4CC(=O)CC[C@]4(C)[C@H]3CC[C@]12C. The number of carbonyl (C=O) groups is 2. The molecule has 0 spiro atoms. The molecule has 152 valence electrons. The predicted molar refractivity (Wildman–Crippen MR) is 106 cm³/mol. The van der Waals surface area contributed by atoms with Crippen molar-refractivity contribution in [2.24, 2.45) is 46.3 Å². The van der Waals surface area contributed by atoms with E-state index in [2.05, 4.69) is 20.8 Å². The van der Waals surface area contributed by atoms with Gasteiger partial charge in [-0.3, -0.25) is 9.59 Å². The van der Waals surface area contributed by atoms with Gasteiger partial charge in [-0.2, -0.15) is 0 Å². The van der Waals surface area contributed by atoms with Crippen LogP contribution in [0.5, 0.6) is 0 Å². The average molecular weight is 375 g/mol. The maximum atomic E-state index is 12.4. The van der Waals surface area contributed by atoms with E-state index in [1.807, 2.05) is 0 Å². The summed E-state index contributed by atoms with van der Waals surface area (Å²) in [6, 6.07) is 0. The molecule has 3 heteroatoms. The van der Waals surface area contributed by atoms with Crippen LogP contribution in [0.1, 0.15) is 85.0 Å². The molecule has 0 aromatic carbocycles. The number of methoxy groups -OCH3 is 1. The van der Waals surface area contributed by atoms with Crippen molar-refractivity contribution < 1.29 is 14.3 Å². The minimum Gasteiger partial charge on any atom is -0.469 e. The van der Waals surface area contributed by atoms with Gasteiger partial charge < -0.3 is 4.74 Å². The van der Waals surface area contributed by atoms with Crippen molar-refractivity contribution in [3.8, 4) is 0 Å². The van der Waals surface area contributed by atoms with E-state index in [9.17, 15) is 9.59 Å². The van der Waals surface area contributed by atoms with E-state index in [-0.39, 0.29) is 11.9 Å². The van der Waals surface area contributed by atoms with Crippen LogP contribution in [0.2, 0.25) is 0 Å². The molecular weight excluding hydrogens is 336 g/mol. The normalized spacial score (nSPS) is 47.6. The quantitative estimate of drug-likeness (QED) is 0.620. The van der Waals surface area contributed by atoms with E-state index in [1.165, 1.54) is 38.5 Å². The molecule has 0 amide bonds. The number of esters is 1. The van der Waals surface area contributed by atoms with Gasteiger partial charge in [0, 0.05) is 12.8 Å². The molecule has 0 radical (unpaired) electrons. The first-order valence-corrected chi connectivity index (χ1v) is 11.4. The number of fused-ring (bicyclic) bond motifs is 5. The van der Waals surface area contributed by atoms with Gasteiger partial charge in [0.2, 0.25) is 0 Å². The molecule has 4 aliphatic carbocycles. The number of hydrogen-bond acceptors (Lipinski definition) is 3. The lowest BCUT2D eigenvalue weighted by molar-refractivity contribution is -0.153. The highest BCUT2D eigenvalue weighted by Crippen LogP contribution is 2.68. The van der Waals surface area contributed by atoms with E-state index in [4.69, 9.17) is 4.74 Å². The van der Waals surface area contributed by atoms with Crippen LogP contribution in [-0.4, -0.2) is 18.9 Å². The molecule has 0 N–H and O–H groups in total. The summed E-state index contributed by atoms with van der Waals surface area (Å²) in [4.78, 5) is 24.5. The smallest absolute Gasteiger partial charge is 0.308 e. The first-order valence-electron chi connectivity index (χ1n) is 11.4. The Morgan fingerprint density at radius 3 is 2.52 bits per heavy atom. The second kappa shape index (κ2) is 6.88. The maximum absolute atomic E-state index is 12.4. The Morgan fingerprint density at radius 2 is 1.81 bits per heavy atom. The summed E-state index contributed by atoms with van der Waals surface area (Å²) in [5.41, 5.74) is 0.673. The lowest BCUT2D eigenvalue weighted by atomic mass is 9.44. The molecule has 0 saturated heterocycles. The van der Waals surface area contributed by atoms with Crippen molar-refractivity contribution in [1.82, 2.24) is 0 Å². The standard InChI is InChI=1S/C24H38O3/c1-5-17(22(26)27-4)19-8-9-20-18-7-6-15-14-16(25)10-12-23(15,2)21(18)11-13-24(19,20)3/h15,17-21H,5-14H2,1-4H3/t15-,17+,18-,19+,20-,21-,23-,24+/m0/s1. The molecule has 4 saturated carbocycles. The van der Waals surface area contributed by atoms with Crippen LogP contribution in [0.25, 0.3) is 0 Å². The Balaban J connectivity index is 1.59. The van der Waals surface area contributed by atoms with Crippen LogP contribution in [0, 0.1) is 46.3 Å². The third-order valence-corrected chi connectivity index (χ3v) is 9.98. The molecule has 0 unspecified atom stereocenters. The van der Waals surface area contributed by atoms with Crippen molar-refractivity contribution in [3.63, 3.8) is 0 Å². The van der Waals surface area contributed by atoms with Gasteiger partial charge in [-0.05, 0) is 91.8 Å². The van der Waals surface area contributed by atoms with Gasteiger partial charge in [-0.15, -0.1) is 0 Å². The molecule has 3 nitrogen and oxygen atoms in total. The van der Waals surface area contributed by atoms with E-state index >= 15 is 0 Å². The monoisotopic (exact) mass is 374 g/mol. The summed E-state index contributed by atoms with van der Waals surface area (Å²) in [5.74, 6) is 4.04. The fraction of sp³-hybridized carbons (Fsp3) is 0.917. The highest BCUT2D eigenvalue weighted by molar-refractivity contribution is 5.79. The molecule has 4 aliphatic rings. The first-order chi connectivity index (χ1) is 12.8. The zero-order chi connectivity index (χ0) is 19.4. The molecule has 27 heavy (non-hydrogen) atoms. The summed E-state index contributed by atoms with van der Waals surface area (Å²) in [6.45, 7) is 7.16. The van der Waals surface area contributed by atoms with Crippen LogP contribution in [0.4, 0.5) is 0 Å². The fourth-order valence-corrected chi connectivity index (χ4v) is 8.51. The van der Waals surface area contributed by atoms with Gasteiger partial charge in [0.15, 0.2) is 0 Å². The van der Waals surface area contributed by atoms with E-state index in [0.29, 0.717) is 28.4 Å². The van der Waals surface area contributed by atoms with Gasteiger partial charge in [0.25, 0.3) is 0 Å². The Bertz CT molecular complexity index is 613. The molecule has 4 rings (SSSR count). The van der Waals surface area contributed by atoms with Crippen LogP contribution < -0.4 is 0 Å². The molecular formula is C24H38O3. The second-order valence-electron chi connectivity index (χ2n) is 10.7. The summed E-state index contributed by atoms with van der Waals surface area (Å²) in [6.07, 6.45) is 11.2. The van der Waals surface area contributed by atoms with Gasteiger partial charge >= 0.3 is 5.97 Å². The minimum absolute atomic E-state index is 0.00737.